The van der Waals surface area contributed by atoms with E-state index < -0.39 is 29.9 Å². The minimum atomic E-state index is -1.25. The third-order valence-electron chi connectivity index (χ3n) is 15.3. The van der Waals surface area contributed by atoms with Gasteiger partial charge < -0.3 is 34.5 Å². The molecule has 7 rings (SSSR count). The van der Waals surface area contributed by atoms with Crippen LogP contribution in [0, 0.1) is 50.7 Å². The molecule has 7 fully saturated rings. The van der Waals surface area contributed by atoms with Crippen molar-refractivity contribution < 1.29 is 34.0 Å². The van der Waals surface area contributed by atoms with Crippen molar-refractivity contribution in [1.82, 2.24) is 5.32 Å². The SMILES string of the molecule is CC(=O)OC(C1C[C@@H](C)[C@H]2C(O1)[C@H](O)[C@@]1(C)C3CC[C@H]4C(C)(C)C(O[C@H]5CNCCO5)CCC45CC35CCC21C)C(C)(C)O. The minimum absolute atomic E-state index is 0.0409. The highest BCUT2D eigenvalue weighted by atomic mass is 16.7. The van der Waals surface area contributed by atoms with Gasteiger partial charge in [-0.15, -0.1) is 0 Å². The number of hydrogen-bond acceptors (Lipinski definition) is 8. The number of hydrogen-bond donors (Lipinski definition) is 3. The maximum absolute atomic E-state index is 12.5. The Labute approximate surface area is 264 Å². The van der Waals surface area contributed by atoms with Gasteiger partial charge >= 0.3 is 5.97 Å². The Morgan fingerprint density at radius 2 is 1.75 bits per heavy atom. The molecule has 2 saturated heterocycles. The summed E-state index contributed by atoms with van der Waals surface area (Å²) >= 11 is 0. The predicted octanol–water partition coefficient (Wildman–Crippen LogP) is 4.83. The molecule has 8 unspecified atom stereocenters. The number of esters is 1. The van der Waals surface area contributed by atoms with Crippen molar-refractivity contribution in [2.24, 2.45) is 50.7 Å². The van der Waals surface area contributed by atoms with Gasteiger partial charge in [0, 0.05) is 25.4 Å². The molecule has 3 N–H and O–H groups in total. The summed E-state index contributed by atoms with van der Waals surface area (Å²) in [5, 5.41) is 26.9. The summed E-state index contributed by atoms with van der Waals surface area (Å²) in [5.41, 5.74) is -0.862. The van der Waals surface area contributed by atoms with E-state index >= 15 is 0 Å². The third kappa shape index (κ3) is 4.12. The molecule has 2 heterocycles. The van der Waals surface area contributed by atoms with E-state index in [0.717, 1.165) is 32.4 Å². The van der Waals surface area contributed by atoms with Gasteiger partial charge in [-0.2, -0.15) is 0 Å². The first kappa shape index (κ1) is 31.8. The maximum Gasteiger partial charge on any atom is 0.303 e. The van der Waals surface area contributed by atoms with E-state index in [-0.39, 0.29) is 52.0 Å². The first-order valence-electron chi connectivity index (χ1n) is 17.7. The van der Waals surface area contributed by atoms with Gasteiger partial charge in [-0.1, -0.05) is 34.6 Å². The van der Waals surface area contributed by atoms with Crippen molar-refractivity contribution in [3.63, 3.8) is 0 Å². The summed E-state index contributed by atoms with van der Waals surface area (Å²) in [5.74, 6) is 1.16. The van der Waals surface area contributed by atoms with Crippen LogP contribution in [-0.4, -0.2) is 78.3 Å². The van der Waals surface area contributed by atoms with Crippen LogP contribution < -0.4 is 5.32 Å². The molecule has 0 aromatic heterocycles. The van der Waals surface area contributed by atoms with Gasteiger partial charge in [-0.3, -0.25) is 4.79 Å². The van der Waals surface area contributed by atoms with Gasteiger partial charge in [0.25, 0.3) is 0 Å². The first-order chi connectivity index (χ1) is 20.5. The molecule has 44 heavy (non-hydrogen) atoms. The van der Waals surface area contributed by atoms with Crippen LogP contribution in [-0.2, 0) is 23.7 Å². The van der Waals surface area contributed by atoms with Gasteiger partial charge in [-0.25, -0.2) is 0 Å². The van der Waals surface area contributed by atoms with E-state index in [9.17, 15) is 15.0 Å². The van der Waals surface area contributed by atoms with Crippen molar-refractivity contribution in [3.05, 3.63) is 0 Å². The zero-order valence-corrected chi connectivity index (χ0v) is 28.5. The summed E-state index contributed by atoms with van der Waals surface area (Å²) in [6.45, 7) is 19.2. The van der Waals surface area contributed by atoms with Crippen LogP contribution in [0.25, 0.3) is 0 Å². The van der Waals surface area contributed by atoms with E-state index in [4.69, 9.17) is 18.9 Å². The molecule has 0 radical (unpaired) electrons. The smallest absolute Gasteiger partial charge is 0.303 e. The average molecular weight is 618 g/mol. The zero-order valence-electron chi connectivity index (χ0n) is 28.5. The van der Waals surface area contributed by atoms with E-state index in [0.29, 0.717) is 30.3 Å². The number of fused-ring (bicyclic) bond motifs is 4. The van der Waals surface area contributed by atoms with Crippen molar-refractivity contribution >= 4 is 5.97 Å². The quantitative estimate of drug-likeness (QED) is 0.377. The Morgan fingerprint density at radius 3 is 2.41 bits per heavy atom. The predicted molar refractivity (Wildman–Crippen MR) is 165 cm³/mol. The van der Waals surface area contributed by atoms with Crippen LogP contribution in [0.4, 0.5) is 0 Å². The van der Waals surface area contributed by atoms with E-state index in [1.807, 2.05) is 0 Å². The summed E-state index contributed by atoms with van der Waals surface area (Å²) in [7, 11) is 0. The van der Waals surface area contributed by atoms with E-state index in [2.05, 4.69) is 39.9 Å². The number of carbonyl (C=O) groups excluding carboxylic acids is 1. The Balaban J connectivity index is 1.16. The Bertz CT molecular complexity index is 1150. The molecule has 2 aliphatic heterocycles. The lowest BCUT2D eigenvalue weighted by atomic mass is 9.41. The van der Waals surface area contributed by atoms with Gasteiger partial charge in [0.05, 0.1) is 36.6 Å². The summed E-state index contributed by atoms with van der Waals surface area (Å²) < 4.78 is 25.2. The molecule has 0 amide bonds. The molecule has 5 aliphatic carbocycles. The van der Waals surface area contributed by atoms with Crippen molar-refractivity contribution in [3.8, 4) is 0 Å². The van der Waals surface area contributed by atoms with Crippen LogP contribution in [0.3, 0.4) is 0 Å². The average Bonchev–Trinajstić information content (AvgIpc) is 3.58. The van der Waals surface area contributed by atoms with E-state index in [1.165, 1.54) is 32.6 Å². The van der Waals surface area contributed by atoms with E-state index in [1.54, 1.807) is 13.8 Å². The second-order valence-corrected chi connectivity index (χ2v) is 17.9. The standard InChI is InChI=1S/C36H59NO7/c1-20-17-22(30(32(5,6)40)42-21(2)38)43-28-27(20)33(7)13-14-36-19-35(36)12-11-25(44-26-18-37-15-16-41-26)31(3,4)23(35)9-10-24(36)34(33,8)29(28)39/h20,22-30,37,39-40H,9-19H2,1-8H3/t20-,22?,23+,24?,25?,26+,27+,28?,29+,30?,33?,34-,35?,36?/m1/s1. The molecule has 14 atom stereocenters. The van der Waals surface area contributed by atoms with Gasteiger partial charge in [-0.05, 0) is 111 Å². The van der Waals surface area contributed by atoms with Crippen molar-refractivity contribution in [2.45, 2.75) is 149 Å². The molecule has 8 heteroatoms. The second kappa shape index (κ2) is 10.1. The fraction of sp³-hybridized carbons (Fsp3) is 0.972. The lowest BCUT2D eigenvalue weighted by Crippen LogP contribution is -2.60. The monoisotopic (exact) mass is 617 g/mol. The van der Waals surface area contributed by atoms with Gasteiger partial charge in [0.1, 0.15) is 0 Å². The molecular formula is C36H59NO7. The molecule has 2 spiro atoms. The minimum Gasteiger partial charge on any atom is -0.457 e. The van der Waals surface area contributed by atoms with Gasteiger partial charge in [0.2, 0.25) is 0 Å². The Morgan fingerprint density at radius 1 is 1.05 bits per heavy atom. The summed E-state index contributed by atoms with van der Waals surface area (Å²) in [6.07, 6.45) is 6.87. The Hall–Kier alpha value is -0.770. The van der Waals surface area contributed by atoms with Crippen LogP contribution in [0.2, 0.25) is 0 Å². The number of aliphatic hydroxyl groups is 2. The number of morpholine rings is 1. The molecule has 5 saturated carbocycles. The normalized spacial score (nSPS) is 53.3. The van der Waals surface area contributed by atoms with Crippen LogP contribution in [0.5, 0.6) is 0 Å². The molecular weight excluding hydrogens is 558 g/mol. The number of rotatable bonds is 5. The third-order valence-corrected chi connectivity index (χ3v) is 15.3. The first-order valence-corrected chi connectivity index (χ1v) is 17.7. The highest BCUT2D eigenvalue weighted by molar-refractivity contribution is 5.66. The van der Waals surface area contributed by atoms with Crippen LogP contribution in [0.1, 0.15) is 107 Å². The highest BCUT2D eigenvalue weighted by Gasteiger charge is 2.84. The molecule has 250 valence electrons. The van der Waals surface area contributed by atoms with Crippen molar-refractivity contribution in [2.75, 3.05) is 19.7 Å². The number of aliphatic hydroxyl groups excluding tert-OH is 1. The molecule has 8 nitrogen and oxygen atoms in total. The van der Waals surface area contributed by atoms with Crippen LogP contribution in [0.15, 0.2) is 0 Å². The Kier molecular flexibility index (Phi) is 7.32. The summed E-state index contributed by atoms with van der Waals surface area (Å²) in [6, 6.07) is 0. The molecule has 0 aromatic carbocycles. The number of carbonyl (C=O) groups is 1. The molecule has 0 bridgehead atoms. The number of ether oxygens (including phenoxy) is 4. The van der Waals surface area contributed by atoms with Crippen LogP contribution >= 0.6 is 0 Å². The fourth-order valence-electron chi connectivity index (χ4n) is 13.4. The lowest BCUT2D eigenvalue weighted by Gasteiger charge is -2.64. The fourth-order valence-corrected chi connectivity index (χ4v) is 13.4. The van der Waals surface area contributed by atoms with Crippen molar-refractivity contribution in [1.29, 1.82) is 0 Å². The van der Waals surface area contributed by atoms with Gasteiger partial charge in [0.15, 0.2) is 12.4 Å². The second-order valence-electron chi connectivity index (χ2n) is 17.9. The topological polar surface area (TPSA) is 106 Å². The highest BCUT2D eigenvalue weighted by Crippen LogP contribution is 2.89. The summed E-state index contributed by atoms with van der Waals surface area (Å²) in [4.78, 5) is 12.0. The number of nitrogens with one attached hydrogen (secondary N) is 1. The largest absolute Gasteiger partial charge is 0.457 e. The molecule has 0 aromatic rings. The molecule has 7 aliphatic rings. The maximum atomic E-state index is 12.5. The lowest BCUT2D eigenvalue weighted by molar-refractivity contribution is -0.237. The zero-order chi connectivity index (χ0) is 31.7.